The van der Waals surface area contributed by atoms with Gasteiger partial charge in [0.1, 0.15) is 0 Å². The predicted octanol–water partition coefficient (Wildman–Crippen LogP) is 2.25. The topological polar surface area (TPSA) is 32.3 Å². The van der Waals surface area contributed by atoms with Crippen LogP contribution in [0, 0.1) is 0 Å². The molecule has 0 aromatic heterocycles. The molecule has 1 unspecified atom stereocenters. The van der Waals surface area contributed by atoms with Gasteiger partial charge in [0.05, 0.1) is 6.10 Å². The van der Waals surface area contributed by atoms with E-state index in [0.29, 0.717) is 12.6 Å². The Balaban J connectivity index is 1.79. The van der Waals surface area contributed by atoms with Crippen molar-refractivity contribution in [3.05, 3.63) is 35.9 Å². The van der Waals surface area contributed by atoms with Gasteiger partial charge in [-0.05, 0) is 18.4 Å². The summed E-state index contributed by atoms with van der Waals surface area (Å²) in [4.78, 5) is 0. The highest BCUT2D eigenvalue weighted by Gasteiger charge is 2.15. The lowest BCUT2D eigenvalue weighted by atomic mass is 10.1. The first-order chi connectivity index (χ1) is 7.36. The molecule has 0 bridgehead atoms. The van der Waals surface area contributed by atoms with Gasteiger partial charge in [-0.2, -0.15) is 0 Å². The van der Waals surface area contributed by atoms with Crippen LogP contribution in [0.25, 0.3) is 0 Å². The lowest BCUT2D eigenvalue weighted by Crippen LogP contribution is -2.30. The number of aliphatic hydroxyl groups excluding tert-OH is 1. The van der Waals surface area contributed by atoms with Crippen molar-refractivity contribution in [2.45, 2.75) is 37.8 Å². The van der Waals surface area contributed by atoms with E-state index in [1.807, 2.05) is 30.3 Å². The van der Waals surface area contributed by atoms with E-state index in [9.17, 15) is 5.11 Å². The van der Waals surface area contributed by atoms with Gasteiger partial charge in [-0.1, -0.05) is 43.2 Å². The molecule has 0 spiro atoms. The Bertz CT molecular complexity index is 280. The molecule has 2 nitrogen and oxygen atoms in total. The normalized spacial score (nSPS) is 19.3. The zero-order valence-corrected chi connectivity index (χ0v) is 9.02. The van der Waals surface area contributed by atoms with Crippen LogP contribution in [0.4, 0.5) is 0 Å². The Morgan fingerprint density at radius 3 is 2.53 bits per heavy atom. The fourth-order valence-corrected chi connectivity index (χ4v) is 2.20. The summed E-state index contributed by atoms with van der Waals surface area (Å²) in [7, 11) is 0. The van der Waals surface area contributed by atoms with E-state index in [-0.39, 0.29) is 6.10 Å². The molecule has 1 aliphatic rings. The molecular weight excluding hydrogens is 186 g/mol. The molecule has 2 N–H and O–H groups in total. The van der Waals surface area contributed by atoms with Gasteiger partial charge in [0.2, 0.25) is 0 Å². The molecular formula is C13H19NO. The second-order valence-corrected chi connectivity index (χ2v) is 4.32. The first kappa shape index (κ1) is 10.7. The summed E-state index contributed by atoms with van der Waals surface area (Å²) in [5.41, 5.74) is 1.00. The van der Waals surface area contributed by atoms with Crippen molar-refractivity contribution in [2.75, 3.05) is 6.54 Å². The summed E-state index contributed by atoms with van der Waals surface area (Å²) in [6, 6.07) is 10.5. The molecule has 2 heteroatoms. The highest BCUT2D eigenvalue weighted by molar-refractivity contribution is 5.17. The number of aliphatic hydroxyl groups is 1. The Morgan fingerprint density at radius 2 is 1.87 bits per heavy atom. The molecule has 1 fully saturated rings. The largest absolute Gasteiger partial charge is 0.387 e. The van der Waals surface area contributed by atoms with Crippen molar-refractivity contribution in [3.63, 3.8) is 0 Å². The Morgan fingerprint density at radius 1 is 1.20 bits per heavy atom. The van der Waals surface area contributed by atoms with Gasteiger partial charge < -0.3 is 10.4 Å². The van der Waals surface area contributed by atoms with Gasteiger partial charge >= 0.3 is 0 Å². The minimum absolute atomic E-state index is 0.369. The fraction of sp³-hybridized carbons (Fsp3) is 0.538. The van der Waals surface area contributed by atoms with E-state index in [2.05, 4.69) is 5.32 Å². The van der Waals surface area contributed by atoms with Gasteiger partial charge in [-0.15, -0.1) is 0 Å². The van der Waals surface area contributed by atoms with Crippen molar-refractivity contribution in [1.82, 2.24) is 5.32 Å². The molecule has 0 radical (unpaired) electrons. The van der Waals surface area contributed by atoms with Gasteiger partial charge in [-0.3, -0.25) is 0 Å². The van der Waals surface area contributed by atoms with E-state index < -0.39 is 0 Å². The monoisotopic (exact) mass is 205 g/mol. The van der Waals surface area contributed by atoms with Crippen molar-refractivity contribution >= 4 is 0 Å². The summed E-state index contributed by atoms with van der Waals surface area (Å²) in [5, 5.41) is 13.3. The lowest BCUT2D eigenvalue weighted by molar-refractivity contribution is 0.170. The molecule has 0 amide bonds. The van der Waals surface area contributed by atoms with Gasteiger partial charge in [-0.25, -0.2) is 0 Å². The van der Waals surface area contributed by atoms with E-state index in [0.717, 1.165) is 5.56 Å². The van der Waals surface area contributed by atoms with Gasteiger partial charge in [0.15, 0.2) is 0 Å². The van der Waals surface area contributed by atoms with E-state index >= 15 is 0 Å². The van der Waals surface area contributed by atoms with Crippen LogP contribution in [0.1, 0.15) is 37.4 Å². The van der Waals surface area contributed by atoms with Gasteiger partial charge in [0, 0.05) is 12.6 Å². The molecule has 1 aliphatic carbocycles. The Hall–Kier alpha value is -0.860. The average Bonchev–Trinajstić information content (AvgIpc) is 2.80. The third-order valence-electron chi connectivity index (χ3n) is 3.14. The van der Waals surface area contributed by atoms with E-state index in [1.54, 1.807) is 0 Å². The molecule has 15 heavy (non-hydrogen) atoms. The third kappa shape index (κ3) is 3.05. The maximum Gasteiger partial charge on any atom is 0.0914 e. The maximum atomic E-state index is 9.92. The number of nitrogens with one attached hydrogen (secondary N) is 1. The first-order valence-electron chi connectivity index (χ1n) is 5.82. The number of hydrogen-bond donors (Lipinski definition) is 2. The smallest absolute Gasteiger partial charge is 0.0914 e. The summed E-state index contributed by atoms with van der Waals surface area (Å²) in [5.74, 6) is 0. The zero-order chi connectivity index (χ0) is 10.5. The van der Waals surface area contributed by atoms with Crippen LogP contribution in [0.15, 0.2) is 30.3 Å². The number of benzene rings is 1. The molecule has 0 heterocycles. The first-order valence-corrected chi connectivity index (χ1v) is 5.82. The van der Waals surface area contributed by atoms with Crippen molar-refractivity contribution in [3.8, 4) is 0 Å². The molecule has 1 atom stereocenters. The predicted molar refractivity (Wildman–Crippen MR) is 61.7 cm³/mol. The quantitative estimate of drug-likeness (QED) is 0.790. The highest BCUT2D eigenvalue weighted by atomic mass is 16.3. The standard InChI is InChI=1S/C13H19NO/c15-13(11-6-2-1-3-7-11)10-14-12-8-4-5-9-12/h1-3,6-7,12-15H,4-5,8-10H2. The highest BCUT2D eigenvalue weighted by Crippen LogP contribution is 2.18. The molecule has 0 aliphatic heterocycles. The van der Waals surface area contributed by atoms with E-state index in [4.69, 9.17) is 0 Å². The number of rotatable bonds is 4. The zero-order valence-electron chi connectivity index (χ0n) is 9.02. The van der Waals surface area contributed by atoms with Crippen LogP contribution in [0.5, 0.6) is 0 Å². The van der Waals surface area contributed by atoms with Crippen LogP contribution >= 0.6 is 0 Å². The van der Waals surface area contributed by atoms with Gasteiger partial charge in [0.25, 0.3) is 0 Å². The second-order valence-electron chi connectivity index (χ2n) is 4.32. The number of hydrogen-bond acceptors (Lipinski definition) is 2. The van der Waals surface area contributed by atoms with Crippen LogP contribution in [-0.4, -0.2) is 17.7 Å². The summed E-state index contributed by atoms with van der Waals surface area (Å²) in [6.45, 7) is 0.675. The minimum atomic E-state index is -0.369. The molecule has 1 saturated carbocycles. The van der Waals surface area contributed by atoms with Crippen molar-refractivity contribution < 1.29 is 5.11 Å². The van der Waals surface area contributed by atoms with Crippen molar-refractivity contribution in [2.24, 2.45) is 0 Å². The van der Waals surface area contributed by atoms with Crippen LogP contribution in [-0.2, 0) is 0 Å². The molecule has 2 rings (SSSR count). The molecule has 1 aromatic rings. The van der Waals surface area contributed by atoms with Crippen LogP contribution < -0.4 is 5.32 Å². The Kier molecular flexibility index (Phi) is 3.75. The molecule has 0 saturated heterocycles. The average molecular weight is 205 g/mol. The SMILES string of the molecule is OC(CNC1CCCC1)c1ccccc1. The van der Waals surface area contributed by atoms with Crippen LogP contribution in [0.2, 0.25) is 0 Å². The maximum absolute atomic E-state index is 9.92. The molecule has 1 aromatic carbocycles. The van der Waals surface area contributed by atoms with Crippen molar-refractivity contribution in [1.29, 1.82) is 0 Å². The summed E-state index contributed by atoms with van der Waals surface area (Å²) < 4.78 is 0. The van der Waals surface area contributed by atoms with E-state index in [1.165, 1.54) is 25.7 Å². The minimum Gasteiger partial charge on any atom is -0.387 e. The lowest BCUT2D eigenvalue weighted by Gasteiger charge is -2.16. The molecule has 82 valence electrons. The fourth-order valence-electron chi connectivity index (χ4n) is 2.20. The summed E-state index contributed by atoms with van der Waals surface area (Å²) in [6.07, 6.45) is 4.83. The van der Waals surface area contributed by atoms with Crippen LogP contribution in [0.3, 0.4) is 0 Å². The second kappa shape index (κ2) is 5.29. The summed E-state index contributed by atoms with van der Waals surface area (Å²) >= 11 is 0. The third-order valence-corrected chi connectivity index (χ3v) is 3.14. The Labute approximate surface area is 91.3 Å².